The van der Waals surface area contributed by atoms with E-state index in [2.05, 4.69) is 27.7 Å². The van der Waals surface area contributed by atoms with E-state index >= 15 is 0 Å². The van der Waals surface area contributed by atoms with Gasteiger partial charge in [0.1, 0.15) is 0 Å². The summed E-state index contributed by atoms with van der Waals surface area (Å²) in [5.41, 5.74) is 5.82. The fourth-order valence-electron chi connectivity index (χ4n) is 2.56. The van der Waals surface area contributed by atoms with Crippen LogP contribution in [0.5, 0.6) is 0 Å². The van der Waals surface area contributed by atoms with Gasteiger partial charge in [0.2, 0.25) is 0 Å². The van der Waals surface area contributed by atoms with Crippen LogP contribution in [0, 0.1) is 17.8 Å². The molecule has 116 valence electrons. The van der Waals surface area contributed by atoms with Crippen LogP contribution in [0.15, 0.2) is 0 Å². The molecule has 0 spiro atoms. The number of carbonyl (C=O) groups is 2. The molecule has 0 radical (unpaired) electrons. The van der Waals surface area contributed by atoms with E-state index in [0.29, 0.717) is 31.5 Å². The second-order valence-corrected chi connectivity index (χ2v) is 6.49. The largest absolute Gasteiger partial charge is 0.481 e. The third kappa shape index (κ3) is 4.37. The summed E-state index contributed by atoms with van der Waals surface area (Å²) in [5, 5.41) is 9.08. The molecular weight excluding hydrogens is 258 g/mol. The topological polar surface area (TPSA) is 86.9 Å². The van der Waals surface area contributed by atoms with Gasteiger partial charge in [-0.05, 0) is 11.8 Å². The summed E-state index contributed by atoms with van der Waals surface area (Å²) in [7, 11) is 0. The number of nitrogens with zero attached hydrogens (tertiary/aromatic N) is 2. The Kier molecular flexibility index (Phi) is 5.80. The number of hydrogen-bond acceptors (Lipinski definition) is 3. The molecule has 1 aliphatic rings. The molecule has 0 bridgehead atoms. The van der Waals surface area contributed by atoms with E-state index in [4.69, 9.17) is 10.8 Å². The monoisotopic (exact) mass is 285 g/mol. The SMILES string of the molecule is CC(C)CN(CC(C)C)C(=O)N1C[C@@H](N)[C@@H](C(=O)O)C1. The number of nitrogens with two attached hydrogens (primary N) is 1. The number of hydrogen-bond donors (Lipinski definition) is 2. The molecule has 20 heavy (non-hydrogen) atoms. The van der Waals surface area contributed by atoms with Crippen molar-refractivity contribution in [3.05, 3.63) is 0 Å². The van der Waals surface area contributed by atoms with Crippen LogP contribution in [0.4, 0.5) is 4.79 Å². The summed E-state index contributed by atoms with van der Waals surface area (Å²) in [6.45, 7) is 10.2. The molecule has 1 rings (SSSR count). The first kappa shape index (κ1) is 16.8. The van der Waals surface area contributed by atoms with Gasteiger partial charge in [0.15, 0.2) is 0 Å². The third-order valence-electron chi connectivity index (χ3n) is 3.39. The Bertz CT molecular complexity index is 348. The van der Waals surface area contributed by atoms with Crippen LogP contribution < -0.4 is 5.73 Å². The summed E-state index contributed by atoms with van der Waals surface area (Å²) in [5.74, 6) is -0.820. The molecule has 0 unspecified atom stereocenters. The molecule has 1 aliphatic heterocycles. The maximum atomic E-state index is 12.5. The van der Waals surface area contributed by atoms with Crippen LogP contribution in [-0.2, 0) is 4.79 Å². The lowest BCUT2D eigenvalue weighted by atomic mass is 10.1. The minimum Gasteiger partial charge on any atom is -0.481 e. The van der Waals surface area contributed by atoms with Crippen molar-refractivity contribution in [3.63, 3.8) is 0 Å². The maximum Gasteiger partial charge on any atom is 0.320 e. The van der Waals surface area contributed by atoms with E-state index in [-0.39, 0.29) is 12.6 Å². The minimum absolute atomic E-state index is 0.0911. The van der Waals surface area contributed by atoms with Crippen LogP contribution in [0.2, 0.25) is 0 Å². The Hall–Kier alpha value is -1.30. The van der Waals surface area contributed by atoms with Crippen LogP contribution in [0.1, 0.15) is 27.7 Å². The molecule has 0 aliphatic carbocycles. The molecule has 0 aromatic heterocycles. The zero-order valence-corrected chi connectivity index (χ0v) is 12.9. The summed E-state index contributed by atoms with van der Waals surface area (Å²) in [6.07, 6.45) is 0. The first-order valence-corrected chi connectivity index (χ1v) is 7.24. The second kappa shape index (κ2) is 6.92. The number of aliphatic carboxylic acids is 1. The molecule has 1 fully saturated rings. The zero-order chi connectivity index (χ0) is 15.4. The first-order valence-electron chi connectivity index (χ1n) is 7.24. The molecule has 3 N–H and O–H groups in total. The highest BCUT2D eigenvalue weighted by atomic mass is 16.4. The lowest BCUT2D eigenvalue weighted by Crippen LogP contribution is -2.46. The predicted molar refractivity (Wildman–Crippen MR) is 77.3 cm³/mol. The van der Waals surface area contributed by atoms with Gasteiger partial charge in [-0.3, -0.25) is 4.79 Å². The smallest absolute Gasteiger partial charge is 0.320 e. The lowest BCUT2D eigenvalue weighted by Gasteiger charge is -2.30. The highest BCUT2D eigenvalue weighted by Gasteiger charge is 2.38. The Balaban J connectivity index is 2.72. The highest BCUT2D eigenvalue weighted by molar-refractivity contribution is 5.78. The normalized spacial score (nSPS) is 22.6. The lowest BCUT2D eigenvalue weighted by molar-refractivity contribution is -0.141. The summed E-state index contributed by atoms with van der Waals surface area (Å²) in [4.78, 5) is 27.0. The van der Waals surface area contributed by atoms with Gasteiger partial charge in [0, 0.05) is 32.2 Å². The van der Waals surface area contributed by atoms with Crippen molar-refractivity contribution in [3.8, 4) is 0 Å². The summed E-state index contributed by atoms with van der Waals surface area (Å²) in [6, 6.07) is -0.567. The quantitative estimate of drug-likeness (QED) is 0.791. The average molecular weight is 285 g/mol. The number of carbonyl (C=O) groups excluding carboxylic acids is 1. The third-order valence-corrected chi connectivity index (χ3v) is 3.39. The molecule has 0 aromatic rings. The molecule has 2 amide bonds. The molecule has 0 aromatic carbocycles. The van der Waals surface area contributed by atoms with Crippen LogP contribution in [0.3, 0.4) is 0 Å². The van der Waals surface area contributed by atoms with Gasteiger partial charge in [-0.15, -0.1) is 0 Å². The maximum absolute atomic E-state index is 12.5. The number of carboxylic acids is 1. The Labute approximate surface area is 120 Å². The zero-order valence-electron chi connectivity index (χ0n) is 12.9. The van der Waals surface area contributed by atoms with Gasteiger partial charge < -0.3 is 20.6 Å². The van der Waals surface area contributed by atoms with Crippen LogP contribution in [0.25, 0.3) is 0 Å². The van der Waals surface area contributed by atoms with Crippen molar-refractivity contribution in [2.45, 2.75) is 33.7 Å². The van der Waals surface area contributed by atoms with Crippen LogP contribution >= 0.6 is 0 Å². The minimum atomic E-state index is -0.924. The van der Waals surface area contributed by atoms with Gasteiger partial charge in [-0.25, -0.2) is 4.79 Å². The van der Waals surface area contributed by atoms with Crippen molar-refractivity contribution >= 4 is 12.0 Å². The highest BCUT2D eigenvalue weighted by Crippen LogP contribution is 2.18. The molecule has 0 saturated carbocycles. The molecule has 6 nitrogen and oxygen atoms in total. The van der Waals surface area contributed by atoms with Gasteiger partial charge in [0.25, 0.3) is 0 Å². The molecular formula is C14H27N3O3. The number of rotatable bonds is 5. The number of likely N-dealkylation sites (tertiary alicyclic amines) is 1. The first-order chi connectivity index (χ1) is 9.22. The van der Waals surface area contributed by atoms with Crippen LogP contribution in [-0.4, -0.2) is 59.1 Å². The van der Waals surface area contributed by atoms with Crippen molar-refractivity contribution in [2.24, 2.45) is 23.5 Å². The molecule has 1 saturated heterocycles. The van der Waals surface area contributed by atoms with Gasteiger partial charge in [-0.2, -0.15) is 0 Å². The van der Waals surface area contributed by atoms with Gasteiger partial charge >= 0.3 is 12.0 Å². The Morgan fingerprint density at radius 3 is 2.05 bits per heavy atom. The summed E-state index contributed by atoms with van der Waals surface area (Å²) >= 11 is 0. The number of carboxylic acid groups (broad SMARTS) is 1. The number of urea groups is 1. The van der Waals surface area contributed by atoms with E-state index in [9.17, 15) is 9.59 Å². The van der Waals surface area contributed by atoms with Gasteiger partial charge in [0.05, 0.1) is 5.92 Å². The van der Waals surface area contributed by atoms with Crippen molar-refractivity contribution in [2.75, 3.05) is 26.2 Å². The van der Waals surface area contributed by atoms with Gasteiger partial charge in [-0.1, -0.05) is 27.7 Å². The average Bonchev–Trinajstić information content (AvgIpc) is 2.68. The Morgan fingerprint density at radius 2 is 1.70 bits per heavy atom. The van der Waals surface area contributed by atoms with Crippen molar-refractivity contribution < 1.29 is 14.7 Å². The van der Waals surface area contributed by atoms with Crippen molar-refractivity contribution in [1.82, 2.24) is 9.80 Å². The Morgan fingerprint density at radius 1 is 1.20 bits per heavy atom. The van der Waals surface area contributed by atoms with E-state index in [1.54, 1.807) is 4.90 Å². The van der Waals surface area contributed by atoms with E-state index in [1.807, 2.05) is 4.90 Å². The molecule has 1 heterocycles. The fraction of sp³-hybridized carbons (Fsp3) is 0.857. The fourth-order valence-corrected chi connectivity index (χ4v) is 2.56. The molecule has 2 atom stereocenters. The summed E-state index contributed by atoms with van der Waals surface area (Å²) < 4.78 is 0. The van der Waals surface area contributed by atoms with E-state index in [1.165, 1.54) is 0 Å². The van der Waals surface area contributed by atoms with E-state index < -0.39 is 17.9 Å². The standard InChI is InChI=1S/C14H27N3O3/c1-9(2)5-16(6-10(3)4)14(20)17-7-11(13(18)19)12(15)8-17/h9-12H,5-8,15H2,1-4H3,(H,18,19)/t11-,12+/m0/s1. The second-order valence-electron chi connectivity index (χ2n) is 6.49. The van der Waals surface area contributed by atoms with E-state index in [0.717, 1.165) is 0 Å². The number of amides is 2. The van der Waals surface area contributed by atoms with Crippen molar-refractivity contribution in [1.29, 1.82) is 0 Å². The molecule has 6 heteroatoms. The predicted octanol–water partition coefficient (Wildman–Crippen LogP) is 1.06.